The normalized spacial score (nSPS) is 20.3. The van der Waals surface area contributed by atoms with Crippen molar-refractivity contribution in [2.75, 3.05) is 0 Å². The molecule has 0 saturated heterocycles. The second-order valence-electron chi connectivity index (χ2n) is 4.68. The molecule has 0 amide bonds. The quantitative estimate of drug-likeness (QED) is 0.702. The van der Waals surface area contributed by atoms with Gasteiger partial charge in [0.25, 0.3) is 0 Å². The summed E-state index contributed by atoms with van der Waals surface area (Å²) in [5, 5.41) is 2.24. The van der Waals surface area contributed by atoms with Crippen molar-refractivity contribution >= 4 is 32.8 Å². The SMILES string of the molecule is Cc1c(Br)csc1C(=C1CCC1)C1CC1. The highest BCUT2D eigenvalue weighted by molar-refractivity contribution is 9.10. The van der Waals surface area contributed by atoms with Gasteiger partial charge in [-0.05, 0) is 72.0 Å². The van der Waals surface area contributed by atoms with Gasteiger partial charge in [0.1, 0.15) is 0 Å². The Hall–Kier alpha value is -0.0800. The van der Waals surface area contributed by atoms with Gasteiger partial charge in [-0.2, -0.15) is 0 Å². The van der Waals surface area contributed by atoms with E-state index in [0.717, 1.165) is 5.92 Å². The van der Waals surface area contributed by atoms with Crippen molar-refractivity contribution in [3.8, 4) is 0 Å². The summed E-state index contributed by atoms with van der Waals surface area (Å²) >= 11 is 5.56. The van der Waals surface area contributed by atoms with E-state index in [9.17, 15) is 0 Å². The summed E-state index contributed by atoms with van der Waals surface area (Å²) in [4.78, 5) is 1.57. The highest BCUT2D eigenvalue weighted by atomic mass is 79.9. The Labute approximate surface area is 104 Å². The van der Waals surface area contributed by atoms with Crippen LogP contribution in [0.4, 0.5) is 0 Å². The van der Waals surface area contributed by atoms with Gasteiger partial charge in [0, 0.05) is 14.7 Å². The van der Waals surface area contributed by atoms with Gasteiger partial charge in [-0.15, -0.1) is 11.3 Å². The van der Waals surface area contributed by atoms with E-state index in [-0.39, 0.29) is 0 Å². The maximum atomic E-state index is 3.63. The molecule has 1 aromatic rings. The van der Waals surface area contributed by atoms with Crippen molar-refractivity contribution in [1.82, 2.24) is 0 Å². The van der Waals surface area contributed by atoms with E-state index in [0.29, 0.717) is 0 Å². The third-order valence-corrected chi connectivity index (χ3v) is 5.79. The van der Waals surface area contributed by atoms with Gasteiger partial charge < -0.3 is 0 Å². The minimum atomic E-state index is 0.907. The molecule has 0 spiro atoms. The molecule has 2 fully saturated rings. The highest BCUT2D eigenvalue weighted by Crippen LogP contribution is 2.50. The molecule has 0 atom stereocenters. The second kappa shape index (κ2) is 3.74. The lowest BCUT2D eigenvalue weighted by atomic mass is 9.85. The number of halogens is 1. The number of hydrogen-bond donors (Lipinski definition) is 0. The molecule has 80 valence electrons. The maximum absolute atomic E-state index is 3.63. The van der Waals surface area contributed by atoms with E-state index in [1.807, 2.05) is 11.3 Å². The minimum Gasteiger partial charge on any atom is -0.143 e. The van der Waals surface area contributed by atoms with Crippen LogP contribution in [0.25, 0.3) is 5.57 Å². The molecule has 1 heterocycles. The van der Waals surface area contributed by atoms with Gasteiger partial charge in [-0.1, -0.05) is 5.57 Å². The van der Waals surface area contributed by atoms with Gasteiger partial charge >= 0.3 is 0 Å². The lowest BCUT2D eigenvalue weighted by molar-refractivity contribution is 0.660. The summed E-state index contributed by atoms with van der Waals surface area (Å²) in [5.41, 5.74) is 4.95. The zero-order valence-corrected chi connectivity index (χ0v) is 11.4. The first-order valence-corrected chi connectivity index (χ1v) is 7.40. The molecular weight excluding hydrogens is 268 g/mol. The van der Waals surface area contributed by atoms with Gasteiger partial charge in [0.05, 0.1) is 0 Å². The molecule has 0 aliphatic heterocycles. The van der Waals surface area contributed by atoms with E-state index in [4.69, 9.17) is 0 Å². The van der Waals surface area contributed by atoms with Crippen molar-refractivity contribution < 1.29 is 0 Å². The Balaban J connectivity index is 2.05. The lowest BCUT2D eigenvalue weighted by Gasteiger charge is -2.22. The summed E-state index contributed by atoms with van der Waals surface area (Å²) in [7, 11) is 0. The number of allylic oxidation sites excluding steroid dienone is 2. The molecule has 15 heavy (non-hydrogen) atoms. The first-order valence-electron chi connectivity index (χ1n) is 5.73. The minimum absolute atomic E-state index is 0.907. The molecule has 2 aliphatic carbocycles. The first kappa shape index (κ1) is 10.1. The summed E-state index contributed by atoms with van der Waals surface area (Å²) in [6, 6.07) is 0. The van der Waals surface area contributed by atoms with Crippen molar-refractivity contribution in [1.29, 1.82) is 0 Å². The Bertz CT molecular complexity index is 418. The van der Waals surface area contributed by atoms with Crippen LogP contribution in [-0.4, -0.2) is 0 Å². The number of thiophene rings is 1. The van der Waals surface area contributed by atoms with E-state index < -0.39 is 0 Å². The summed E-state index contributed by atoms with van der Waals surface area (Å²) < 4.78 is 1.29. The summed E-state index contributed by atoms with van der Waals surface area (Å²) in [6.07, 6.45) is 6.99. The van der Waals surface area contributed by atoms with Crippen molar-refractivity contribution in [2.24, 2.45) is 5.92 Å². The fourth-order valence-corrected chi connectivity index (χ4v) is 4.02. The fourth-order valence-electron chi connectivity index (χ4n) is 2.29. The average molecular weight is 283 g/mol. The van der Waals surface area contributed by atoms with Crippen LogP contribution in [0, 0.1) is 12.8 Å². The van der Waals surface area contributed by atoms with Crippen molar-refractivity contribution in [3.05, 3.63) is 25.9 Å². The molecule has 0 nitrogen and oxygen atoms in total. The summed E-state index contributed by atoms with van der Waals surface area (Å²) in [5.74, 6) is 0.907. The second-order valence-corrected chi connectivity index (χ2v) is 6.42. The largest absolute Gasteiger partial charge is 0.143 e. The van der Waals surface area contributed by atoms with Crippen LogP contribution in [-0.2, 0) is 0 Å². The third kappa shape index (κ3) is 1.72. The molecule has 0 N–H and O–H groups in total. The smallest absolute Gasteiger partial charge is 0.0345 e. The Morgan fingerprint density at radius 2 is 2.13 bits per heavy atom. The monoisotopic (exact) mass is 282 g/mol. The molecule has 0 bridgehead atoms. The van der Waals surface area contributed by atoms with Gasteiger partial charge in [-0.25, -0.2) is 0 Å². The number of rotatable bonds is 2. The number of hydrogen-bond acceptors (Lipinski definition) is 1. The van der Waals surface area contributed by atoms with E-state index in [2.05, 4.69) is 28.2 Å². The Kier molecular flexibility index (Phi) is 2.52. The van der Waals surface area contributed by atoms with Gasteiger partial charge in [0.2, 0.25) is 0 Å². The molecule has 0 unspecified atom stereocenters. The Morgan fingerprint density at radius 1 is 1.40 bits per heavy atom. The summed E-state index contributed by atoms with van der Waals surface area (Å²) in [6.45, 7) is 2.25. The molecule has 3 rings (SSSR count). The average Bonchev–Trinajstić information content (AvgIpc) is 2.91. The van der Waals surface area contributed by atoms with E-state index >= 15 is 0 Å². The zero-order chi connectivity index (χ0) is 10.4. The predicted molar refractivity (Wildman–Crippen MR) is 70.3 cm³/mol. The van der Waals surface area contributed by atoms with Crippen LogP contribution >= 0.6 is 27.3 Å². The van der Waals surface area contributed by atoms with Crippen LogP contribution in [0.15, 0.2) is 15.4 Å². The zero-order valence-electron chi connectivity index (χ0n) is 8.98. The molecule has 2 heteroatoms. The van der Waals surface area contributed by atoms with Crippen LogP contribution in [0.3, 0.4) is 0 Å². The molecule has 0 radical (unpaired) electrons. The molecular formula is C13H15BrS. The fraction of sp³-hybridized carbons (Fsp3) is 0.538. The standard InChI is InChI=1S/C13H15BrS/c1-8-11(14)7-15-13(8)12(10-5-6-10)9-3-2-4-9/h7,10H,2-6H2,1H3. The molecule has 1 aromatic heterocycles. The van der Waals surface area contributed by atoms with Crippen LogP contribution in [0.2, 0.25) is 0 Å². The lowest BCUT2D eigenvalue weighted by Crippen LogP contribution is -2.02. The predicted octanol–water partition coefficient (Wildman–Crippen LogP) is 5.17. The van der Waals surface area contributed by atoms with Crippen LogP contribution in [0.5, 0.6) is 0 Å². The molecule has 2 aliphatic rings. The van der Waals surface area contributed by atoms with E-state index in [1.54, 1.807) is 16.0 Å². The topological polar surface area (TPSA) is 0 Å². The van der Waals surface area contributed by atoms with Crippen LogP contribution < -0.4 is 0 Å². The van der Waals surface area contributed by atoms with Crippen molar-refractivity contribution in [2.45, 2.75) is 39.0 Å². The third-order valence-electron chi connectivity index (χ3n) is 3.55. The maximum Gasteiger partial charge on any atom is 0.0345 e. The van der Waals surface area contributed by atoms with E-state index in [1.165, 1.54) is 42.1 Å². The van der Waals surface area contributed by atoms with Crippen molar-refractivity contribution in [3.63, 3.8) is 0 Å². The molecule has 0 aromatic carbocycles. The van der Waals surface area contributed by atoms with Crippen LogP contribution in [0.1, 0.15) is 42.5 Å². The highest BCUT2D eigenvalue weighted by Gasteiger charge is 2.32. The van der Waals surface area contributed by atoms with Gasteiger partial charge in [-0.3, -0.25) is 0 Å². The molecule has 2 saturated carbocycles. The Morgan fingerprint density at radius 3 is 2.53 bits per heavy atom. The van der Waals surface area contributed by atoms with Gasteiger partial charge in [0.15, 0.2) is 0 Å². The first-order chi connectivity index (χ1) is 7.27.